The zero-order chi connectivity index (χ0) is 18.8. The smallest absolute Gasteiger partial charge is 0.257 e. The lowest BCUT2D eigenvalue weighted by molar-refractivity contribution is -0.689. The van der Waals surface area contributed by atoms with E-state index in [4.69, 9.17) is 4.74 Å². The molecule has 2 heterocycles. The number of aryl methyl sites for hydroxylation is 1. The number of hydrogen-bond acceptors (Lipinski definition) is 2. The molecule has 0 spiro atoms. The van der Waals surface area contributed by atoms with Crippen molar-refractivity contribution in [3.8, 4) is 17.0 Å². The van der Waals surface area contributed by atoms with Crippen molar-refractivity contribution < 1.29 is 14.1 Å². The second-order valence-corrected chi connectivity index (χ2v) is 7.06. The summed E-state index contributed by atoms with van der Waals surface area (Å²) in [7, 11) is 0. The summed E-state index contributed by atoms with van der Waals surface area (Å²) in [5.74, 6) is 2.16. The van der Waals surface area contributed by atoms with Gasteiger partial charge in [0.2, 0.25) is 5.78 Å². The van der Waals surface area contributed by atoms with Crippen LogP contribution in [-0.4, -0.2) is 17.0 Å². The van der Waals surface area contributed by atoms with Gasteiger partial charge in [0.05, 0.1) is 19.6 Å². The average molecular weight is 361 g/mol. The number of fused-ring (bicyclic) bond motifs is 1. The van der Waals surface area contributed by atoms with Crippen LogP contribution < -0.4 is 9.30 Å². The minimum Gasteiger partial charge on any atom is -0.494 e. The quantitative estimate of drug-likeness (QED) is 0.492. The Bertz CT molecular complexity index is 953. The fourth-order valence-corrected chi connectivity index (χ4v) is 3.75. The van der Waals surface area contributed by atoms with E-state index in [0.29, 0.717) is 13.2 Å². The van der Waals surface area contributed by atoms with Crippen LogP contribution in [0.15, 0.2) is 54.7 Å². The molecule has 1 aliphatic rings. The first-order chi connectivity index (χ1) is 13.2. The van der Waals surface area contributed by atoms with Gasteiger partial charge in [-0.3, -0.25) is 4.79 Å². The summed E-state index contributed by atoms with van der Waals surface area (Å²) < 4.78 is 9.94. The maximum absolute atomic E-state index is 12.8. The molecule has 0 N–H and O–H groups in total. The number of Topliss-reactive ketones (excluding diaryl/α,β-unsaturated/α-hetero) is 1. The highest BCUT2D eigenvalue weighted by Crippen LogP contribution is 2.25. The zero-order valence-corrected chi connectivity index (χ0v) is 15.9. The Morgan fingerprint density at radius 2 is 1.85 bits per heavy atom. The molecule has 0 unspecified atom stereocenters. The van der Waals surface area contributed by atoms with E-state index < -0.39 is 0 Å². The van der Waals surface area contributed by atoms with E-state index >= 15 is 0 Å². The van der Waals surface area contributed by atoms with Crippen LogP contribution in [0.2, 0.25) is 0 Å². The molecule has 0 saturated heterocycles. The highest BCUT2D eigenvalue weighted by Gasteiger charge is 2.29. The molecule has 3 aromatic rings. The molecule has 0 radical (unpaired) electrons. The van der Waals surface area contributed by atoms with Crippen molar-refractivity contribution in [1.29, 1.82) is 0 Å². The molecule has 138 valence electrons. The maximum Gasteiger partial charge on any atom is 0.257 e. The third-order valence-electron chi connectivity index (χ3n) is 5.14. The Morgan fingerprint density at radius 3 is 2.56 bits per heavy atom. The van der Waals surface area contributed by atoms with Crippen LogP contribution in [0.1, 0.15) is 35.1 Å². The number of ketones is 1. The highest BCUT2D eigenvalue weighted by molar-refractivity contribution is 5.95. The highest BCUT2D eigenvalue weighted by atomic mass is 16.5. The van der Waals surface area contributed by atoms with Crippen molar-refractivity contribution in [2.24, 2.45) is 0 Å². The van der Waals surface area contributed by atoms with Gasteiger partial charge in [-0.25, -0.2) is 9.13 Å². The summed E-state index contributed by atoms with van der Waals surface area (Å²) in [6.45, 7) is 6.07. The fraction of sp³-hybridized carbons (Fsp3) is 0.304. The molecule has 0 bridgehead atoms. The molecule has 2 aromatic carbocycles. The van der Waals surface area contributed by atoms with Gasteiger partial charge in [0.1, 0.15) is 11.9 Å². The third kappa shape index (κ3) is 3.52. The van der Waals surface area contributed by atoms with Crippen LogP contribution >= 0.6 is 0 Å². The monoisotopic (exact) mass is 361 g/mol. The van der Waals surface area contributed by atoms with Crippen LogP contribution in [0.4, 0.5) is 0 Å². The van der Waals surface area contributed by atoms with E-state index in [-0.39, 0.29) is 5.78 Å². The molecule has 0 amide bonds. The van der Waals surface area contributed by atoms with Crippen LogP contribution in [0, 0.1) is 6.92 Å². The Kier molecular flexibility index (Phi) is 4.80. The first-order valence-electron chi connectivity index (χ1n) is 9.60. The number of nitrogens with zero attached hydrogens (tertiary/aromatic N) is 2. The minimum absolute atomic E-state index is 0.124. The first-order valence-corrected chi connectivity index (χ1v) is 9.60. The van der Waals surface area contributed by atoms with Gasteiger partial charge in [-0.1, -0.05) is 29.8 Å². The van der Waals surface area contributed by atoms with Crippen LogP contribution in [0.5, 0.6) is 5.75 Å². The number of aromatic nitrogens is 2. The van der Waals surface area contributed by atoms with E-state index in [1.54, 1.807) is 0 Å². The van der Waals surface area contributed by atoms with Crippen molar-refractivity contribution in [2.75, 3.05) is 6.61 Å². The van der Waals surface area contributed by atoms with Gasteiger partial charge in [-0.2, -0.15) is 0 Å². The molecule has 0 saturated carbocycles. The third-order valence-corrected chi connectivity index (χ3v) is 5.14. The summed E-state index contributed by atoms with van der Waals surface area (Å²) in [6.07, 6.45) is 4.28. The van der Waals surface area contributed by atoms with Crippen molar-refractivity contribution in [1.82, 2.24) is 4.57 Å². The Hall–Kier alpha value is -2.88. The van der Waals surface area contributed by atoms with E-state index in [0.717, 1.165) is 30.7 Å². The van der Waals surface area contributed by atoms with Crippen molar-refractivity contribution >= 4 is 5.78 Å². The maximum atomic E-state index is 12.8. The van der Waals surface area contributed by atoms with E-state index in [9.17, 15) is 4.79 Å². The SMILES string of the molecule is CCOc1ccc(C(=O)C[n+]2cc(-c3ccc(C)cc3)n3c2CCC3)cc1. The van der Waals surface area contributed by atoms with E-state index in [1.165, 1.54) is 22.6 Å². The normalized spacial score (nSPS) is 12.8. The molecule has 0 atom stereocenters. The Morgan fingerprint density at radius 1 is 1.11 bits per heavy atom. The summed E-state index contributed by atoms with van der Waals surface area (Å²) in [4.78, 5) is 12.8. The van der Waals surface area contributed by atoms with Crippen LogP contribution in [-0.2, 0) is 19.5 Å². The van der Waals surface area contributed by atoms with Crippen LogP contribution in [0.3, 0.4) is 0 Å². The molecule has 1 aliphatic heterocycles. The summed E-state index contributed by atoms with van der Waals surface area (Å²) in [5.41, 5.74) is 4.38. The van der Waals surface area contributed by atoms with Gasteiger partial charge in [0.15, 0.2) is 12.2 Å². The molecular formula is C23H25N2O2+. The zero-order valence-electron chi connectivity index (χ0n) is 15.9. The molecule has 4 heteroatoms. The predicted molar refractivity (Wildman–Crippen MR) is 105 cm³/mol. The van der Waals surface area contributed by atoms with E-state index in [1.807, 2.05) is 31.2 Å². The van der Waals surface area contributed by atoms with Gasteiger partial charge in [0.25, 0.3) is 5.82 Å². The second-order valence-electron chi connectivity index (χ2n) is 7.06. The lowest BCUT2D eigenvalue weighted by Gasteiger charge is -2.04. The molecule has 4 nitrogen and oxygen atoms in total. The lowest BCUT2D eigenvalue weighted by Crippen LogP contribution is -2.40. The minimum atomic E-state index is 0.124. The molecule has 4 rings (SSSR count). The Labute approximate surface area is 160 Å². The molecular weight excluding hydrogens is 336 g/mol. The molecule has 0 fully saturated rings. The second kappa shape index (κ2) is 7.39. The topological polar surface area (TPSA) is 35.1 Å². The number of carbonyl (C=O) groups excluding carboxylic acids is 1. The van der Waals surface area contributed by atoms with Gasteiger partial charge in [-0.05, 0) is 44.5 Å². The summed E-state index contributed by atoms with van der Waals surface area (Å²) in [5, 5.41) is 0. The molecule has 0 aliphatic carbocycles. The van der Waals surface area contributed by atoms with Gasteiger partial charge >= 0.3 is 0 Å². The molecule has 27 heavy (non-hydrogen) atoms. The fourth-order valence-electron chi connectivity index (χ4n) is 3.75. The number of carbonyl (C=O) groups is 1. The first kappa shape index (κ1) is 17.5. The van der Waals surface area contributed by atoms with Gasteiger partial charge in [-0.15, -0.1) is 0 Å². The lowest BCUT2D eigenvalue weighted by atomic mass is 10.1. The Balaban J connectivity index is 1.60. The number of benzene rings is 2. The van der Waals surface area contributed by atoms with Crippen LogP contribution in [0.25, 0.3) is 11.3 Å². The number of imidazole rings is 1. The van der Waals surface area contributed by atoms with Crippen molar-refractivity contribution in [3.05, 3.63) is 71.7 Å². The number of hydrogen-bond donors (Lipinski definition) is 0. The van der Waals surface area contributed by atoms with Crippen molar-refractivity contribution in [3.63, 3.8) is 0 Å². The van der Waals surface area contributed by atoms with Gasteiger partial charge < -0.3 is 4.74 Å². The standard InChI is InChI=1S/C23H25N2O2/c1-3-27-20-12-10-19(11-13-20)22(26)16-24-15-21(25-14-4-5-23(24)25)18-8-6-17(2)7-9-18/h6-13,15H,3-5,14,16H2,1-2H3/q+1. The summed E-state index contributed by atoms with van der Waals surface area (Å²) in [6, 6.07) is 16.0. The van der Waals surface area contributed by atoms with Gasteiger partial charge in [0, 0.05) is 11.1 Å². The van der Waals surface area contributed by atoms with E-state index in [2.05, 4.69) is 46.5 Å². The van der Waals surface area contributed by atoms with Crippen molar-refractivity contribution in [2.45, 2.75) is 39.8 Å². The largest absolute Gasteiger partial charge is 0.494 e. The summed E-state index contributed by atoms with van der Waals surface area (Å²) >= 11 is 0. The number of rotatable bonds is 6. The number of ether oxygens (including phenoxy) is 1. The predicted octanol–water partition coefficient (Wildman–Crippen LogP) is 3.98. The molecule has 1 aromatic heterocycles. The average Bonchev–Trinajstić information content (AvgIpc) is 3.27.